The van der Waals surface area contributed by atoms with E-state index in [1.165, 1.54) is 0 Å². The zero-order valence-electron chi connectivity index (χ0n) is 11.3. The minimum Gasteiger partial charge on any atom is -0.486 e. The molecule has 1 unspecified atom stereocenters. The average Bonchev–Trinajstić information content (AvgIpc) is 2.39. The number of benzene rings is 1. The smallest absolute Gasteiger partial charge is 0.320 e. The summed E-state index contributed by atoms with van der Waals surface area (Å²) in [6.45, 7) is 3.57. The highest BCUT2D eigenvalue weighted by atomic mass is 16.6. The van der Waals surface area contributed by atoms with Gasteiger partial charge in [0.05, 0.1) is 0 Å². The van der Waals surface area contributed by atoms with Gasteiger partial charge in [-0.15, -0.1) is 0 Å². The second-order valence-corrected chi connectivity index (χ2v) is 4.66. The highest BCUT2D eigenvalue weighted by Crippen LogP contribution is 2.31. The Kier molecular flexibility index (Phi) is 4.27. The third kappa shape index (κ3) is 3.17. The molecule has 0 saturated heterocycles. The molecule has 0 radical (unpaired) electrons. The third-order valence-corrected chi connectivity index (χ3v) is 3.24. The zero-order valence-corrected chi connectivity index (χ0v) is 11.3. The SMILES string of the molecule is CCC(C(=O)O)N(C)Cc1ccc2c(c1)OCCO2. The summed E-state index contributed by atoms with van der Waals surface area (Å²) >= 11 is 0. The van der Waals surface area contributed by atoms with Crippen molar-refractivity contribution in [2.45, 2.75) is 25.9 Å². The van der Waals surface area contributed by atoms with Gasteiger partial charge in [0, 0.05) is 6.54 Å². The van der Waals surface area contributed by atoms with Gasteiger partial charge in [0.15, 0.2) is 11.5 Å². The van der Waals surface area contributed by atoms with Crippen molar-refractivity contribution in [1.82, 2.24) is 4.90 Å². The number of ether oxygens (including phenoxy) is 2. The zero-order chi connectivity index (χ0) is 13.8. The van der Waals surface area contributed by atoms with Crippen molar-refractivity contribution in [2.75, 3.05) is 20.3 Å². The molecule has 1 N–H and O–H groups in total. The number of aliphatic carboxylic acids is 1. The lowest BCUT2D eigenvalue weighted by atomic mass is 10.1. The molecule has 5 nitrogen and oxygen atoms in total. The fourth-order valence-corrected chi connectivity index (χ4v) is 2.26. The Labute approximate surface area is 112 Å². The Morgan fingerprint density at radius 1 is 1.37 bits per heavy atom. The van der Waals surface area contributed by atoms with Crippen LogP contribution in [0.3, 0.4) is 0 Å². The maximum absolute atomic E-state index is 11.1. The van der Waals surface area contributed by atoms with Crippen molar-refractivity contribution in [2.24, 2.45) is 0 Å². The number of nitrogens with zero attached hydrogens (tertiary/aromatic N) is 1. The maximum Gasteiger partial charge on any atom is 0.320 e. The second kappa shape index (κ2) is 5.93. The molecule has 0 aliphatic carbocycles. The van der Waals surface area contributed by atoms with Crippen LogP contribution in [0.1, 0.15) is 18.9 Å². The van der Waals surface area contributed by atoms with E-state index in [9.17, 15) is 4.79 Å². The largest absolute Gasteiger partial charge is 0.486 e. The Bertz CT molecular complexity index is 461. The predicted molar refractivity (Wildman–Crippen MR) is 70.6 cm³/mol. The molecule has 1 aromatic carbocycles. The van der Waals surface area contributed by atoms with Crippen LogP contribution in [0.4, 0.5) is 0 Å². The van der Waals surface area contributed by atoms with Gasteiger partial charge in [-0.2, -0.15) is 0 Å². The summed E-state index contributed by atoms with van der Waals surface area (Å²) in [7, 11) is 1.82. The molecule has 104 valence electrons. The van der Waals surface area contributed by atoms with Gasteiger partial charge in [-0.25, -0.2) is 0 Å². The molecule has 0 saturated carbocycles. The molecule has 0 fully saturated rings. The van der Waals surface area contributed by atoms with E-state index in [1.807, 2.05) is 37.1 Å². The second-order valence-electron chi connectivity index (χ2n) is 4.66. The Morgan fingerprint density at radius 2 is 2.05 bits per heavy atom. The van der Waals surface area contributed by atoms with Crippen molar-refractivity contribution >= 4 is 5.97 Å². The van der Waals surface area contributed by atoms with Crippen LogP contribution in [0.25, 0.3) is 0 Å². The lowest BCUT2D eigenvalue weighted by Gasteiger charge is -2.24. The van der Waals surface area contributed by atoms with Gasteiger partial charge in [-0.1, -0.05) is 13.0 Å². The Morgan fingerprint density at radius 3 is 2.68 bits per heavy atom. The summed E-state index contributed by atoms with van der Waals surface area (Å²) in [5.41, 5.74) is 1.02. The molecule has 1 heterocycles. The summed E-state index contributed by atoms with van der Waals surface area (Å²) in [5.74, 6) is 0.700. The summed E-state index contributed by atoms with van der Waals surface area (Å²) in [4.78, 5) is 12.9. The number of carboxylic acids is 1. The average molecular weight is 265 g/mol. The molecular weight excluding hydrogens is 246 g/mol. The topological polar surface area (TPSA) is 59.0 Å². The van der Waals surface area contributed by atoms with E-state index in [1.54, 1.807) is 0 Å². The number of likely N-dealkylation sites (N-methyl/N-ethyl adjacent to an activating group) is 1. The van der Waals surface area contributed by atoms with Crippen LogP contribution >= 0.6 is 0 Å². The van der Waals surface area contributed by atoms with Gasteiger partial charge in [-0.3, -0.25) is 9.69 Å². The quantitative estimate of drug-likeness (QED) is 0.879. The normalized spacial score (nSPS) is 15.3. The minimum absolute atomic E-state index is 0.465. The van der Waals surface area contributed by atoms with E-state index >= 15 is 0 Å². The van der Waals surface area contributed by atoms with Gasteiger partial charge in [0.1, 0.15) is 19.3 Å². The van der Waals surface area contributed by atoms with E-state index in [0.29, 0.717) is 26.2 Å². The fraction of sp³-hybridized carbons (Fsp3) is 0.500. The van der Waals surface area contributed by atoms with Gasteiger partial charge in [0.25, 0.3) is 0 Å². The third-order valence-electron chi connectivity index (χ3n) is 3.24. The molecule has 1 aromatic rings. The maximum atomic E-state index is 11.1. The summed E-state index contributed by atoms with van der Waals surface area (Å²) in [5, 5.41) is 9.13. The van der Waals surface area contributed by atoms with Crippen molar-refractivity contribution in [3.63, 3.8) is 0 Å². The van der Waals surface area contributed by atoms with Crippen LogP contribution in [-0.4, -0.2) is 42.3 Å². The van der Waals surface area contributed by atoms with Gasteiger partial charge in [-0.05, 0) is 31.2 Å². The lowest BCUT2D eigenvalue weighted by Crippen LogP contribution is -2.37. The Hall–Kier alpha value is -1.75. The van der Waals surface area contributed by atoms with Crippen LogP contribution in [-0.2, 0) is 11.3 Å². The molecule has 1 aliphatic rings. The molecule has 5 heteroatoms. The first kappa shape index (κ1) is 13.7. The summed E-state index contributed by atoms with van der Waals surface area (Å²) in [6.07, 6.45) is 0.580. The van der Waals surface area contributed by atoms with Crippen LogP contribution in [0.2, 0.25) is 0 Å². The monoisotopic (exact) mass is 265 g/mol. The molecule has 1 aliphatic heterocycles. The fourth-order valence-electron chi connectivity index (χ4n) is 2.26. The molecule has 0 bridgehead atoms. The highest BCUT2D eigenvalue weighted by Gasteiger charge is 2.21. The van der Waals surface area contributed by atoms with E-state index in [2.05, 4.69) is 0 Å². The number of hydrogen-bond acceptors (Lipinski definition) is 4. The first-order chi connectivity index (χ1) is 9.11. The van der Waals surface area contributed by atoms with Crippen molar-refractivity contribution in [3.05, 3.63) is 23.8 Å². The van der Waals surface area contributed by atoms with Gasteiger partial charge >= 0.3 is 5.97 Å². The highest BCUT2D eigenvalue weighted by molar-refractivity contribution is 5.73. The molecular formula is C14H19NO4. The minimum atomic E-state index is -0.789. The standard InChI is InChI=1S/C14H19NO4/c1-3-11(14(16)17)15(2)9-10-4-5-12-13(8-10)19-7-6-18-12/h4-5,8,11H,3,6-7,9H2,1-2H3,(H,16,17). The number of carboxylic acid groups (broad SMARTS) is 1. The van der Waals surface area contributed by atoms with Gasteiger partial charge < -0.3 is 14.6 Å². The molecule has 0 aromatic heterocycles. The summed E-state index contributed by atoms with van der Waals surface area (Å²) in [6, 6.07) is 5.27. The van der Waals surface area contributed by atoms with Gasteiger partial charge in [0.2, 0.25) is 0 Å². The van der Waals surface area contributed by atoms with Crippen molar-refractivity contribution < 1.29 is 19.4 Å². The van der Waals surface area contributed by atoms with Crippen LogP contribution in [0.15, 0.2) is 18.2 Å². The number of hydrogen-bond donors (Lipinski definition) is 1. The van der Waals surface area contributed by atoms with Crippen molar-refractivity contribution in [3.8, 4) is 11.5 Å². The summed E-state index contributed by atoms with van der Waals surface area (Å²) < 4.78 is 11.0. The number of rotatable bonds is 5. The van der Waals surface area contributed by atoms with E-state index in [0.717, 1.165) is 17.1 Å². The van der Waals surface area contributed by atoms with Crippen LogP contribution < -0.4 is 9.47 Å². The predicted octanol–water partition coefficient (Wildman–Crippen LogP) is 1.75. The first-order valence-electron chi connectivity index (χ1n) is 6.43. The first-order valence-corrected chi connectivity index (χ1v) is 6.43. The molecule has 0 amide bonds. The molecule has 19 heavy (non-hydrogen) atoms. The molecule has 0 spiro atoms. The lowest BCUT2D eigenvalue weighted by molar-refractivity contribution is -0.143. The van der Waals surface area contributed by atoms with Crippen molar-refractivity contribution in [1.29, 1.82) is 0 Å². The number of carbonyl (C=O) groups is 1. The van der Waals surface area contributed by atoms with E-state index in [-0.39, 0.29) is 0 Å². The Balaban J connectivity index is 2.08. The van der Waals surface area contributed by atoms with E-state index in [4.69, 9.17) is 14.6 Å². The molecule has 1 atom stereocenters. The van der Waals surface area contributed by atoms with E-state index < -0.39 is 12.0 Å². The molecule has 2 rings (SSSR count). The van der Waals surface area contributed by atoms with Crippen LogP contribution in [0.5, 0.6) is 11.5 Å². The van der Waals surface area contributed by atoms with Crippen LogP contribution in [0, 0.1) is 0 Å². The number of fused-ring (bicyclic) bond motifs is 1.